The van der Waals surface area contributed by atoms with E-state index in [1.165, 1.54) is 8.96 Å². The Balaban J connectivity index is 2.52. The van der Waals surface area contributed by atoms with Crippen molar-refractivity contribution in [2.75, 3.05) is 0 Å². The number of nitrogens with zero attached hydrogens (tertiary/aromatic N) is 2. The van der Waals surface area contributed by atoms with Crippen LogP contribution in [-0.4, -0.2) is 21.6 Å². The van der Waals surface area contributed by atoms with Gasteiger partial charge in [-0.25, -0.2) is 0 Å². The number of hydrogen-bond donors (Lipinski definition) is 0. The molecule has 2 aliphatic heterocycles. The van der Waals surface area contributed by atoms with Crippen LogP contribution in [0.25, 0.3) is 5.57 Å². The molecule has 0 bridgehead atoms. The Morgan fingerprint density at radius 2 is 1.57 bits per heavy atom. The number of halogens is 4. The van der Waals surface area contributed by atoms with E-state index in [0.717, 1.165) is 25.7 Å². The average Bonchev–Trinajstić information content (AvgIpc) is 2.78. The van der Waals surface area contributed by atoms with E-state index in [1.807, 2.05) is 20.8 Å². The molecule has 0 atom stereocenters. The van der Waals surface area contributed by atoms with Crippen molar-refractivity contribution in [1.29, 1.82) is 0 Å². The molecule has 112 valence electrons. The molecule has 21 heavy (non-hydrogen) atoms. The van der Waals surface area contributed by atoms with Crippen molar-refractivity contribution >= 4 is 50.1 Å². The Kier molecular flexibility index (Phi) is 3.20. The van der Waals surface area contributed by atoms with E-state index in [4.69, 9.17) is 0 Å². The van der Waals surface area contributed by atoms with Crippen LogP contribution in [0.2, 0.25) is 0 Å². The van der Waals surface area contributed by atoms with Gasteiger partial charge in [0.2, 0.25) is 0 Å². The van der Waals surface area contributed by atoms with E-state index in [0.29, 0.717) is 22.8 Å². The van der Waals surface area contributed by atoms with Gasteiger partial charge in [-0.3, -0.25) is 0 Å². The van der Waals surface area contributed by atoms with Crippen LogP contribution in [0.5, 0.6) is 0 Å². The Labute approximate surface area is 139 Å². The van der Waals surface area contributed by atoms with E-state index in [-0.39, 0.29) is 0 Å². The van der Waals surface area contributed by atoms with Crippen molar-refractivity contribution in [3.8, 4) is 0 Å². The van der Waals surface area contributed by atoms with E-state index in [9.17, 15) is 0 Å². The van der Waals surface area contributed by atoms with Gasteiger partial charge in [0.25, 0.3) is 0 Å². The van der Waals surface area contributed by atoms with Gasteiger partial charge in [0, 0.05) is 28.2 Å². The highest BCUT2D eigenvalue weighted by molar-refractivity contribution is 9.12. The first-order valence-corrected chi connectivity index (χ1v) is 8.31. The zero-order valence-corrected chi connectivity index (χ0v) is 15.7. The largest absolute Gasteiger partial charge is 0.737 e. The molecule has 0 N–H and O–H groups in total. The Hall–Kier alpha value is -0.685. The maximum atomic E-state index is 15.2. The van der Waals surface area contributed by atoms with Gasteiger partial charge >= 0.3 is 6.97 Å². The van der Waals surface area contributed by atoms with Crippen molar-refractivity contribution < 1.29 is 13.1 Å². The van der Waals surface area contributed by atoms with Gasteiger partial charge in [-0.05, 0) is 70.8 Å². The van der Waals surface area contributed by atoms with E-state index >= 15 is 8.63 Å². The summed E-state index contributed by atoms with van der Waals surface area (Å²) in [4.78, 5) is 0. The summed E-state index contributed by atoms with van der Waals surface area (Å²) in [6, 6.07) is 0. The van der Waals surface area contributed by atoms with Crippen molar-refractivity contribution in [1.82, 2.24) is 4.48 Å². The molecule has 0 saturated carbocycles. The third-order valence-corrected chi connectivity index (χ3v) is 6.88. The Morgan fingerprint density at radius 3 is 2.14 bits per heavy atom. The zero-order chi connectivity index (χ0) is 15.9. The van der Waals surface area contributed by atoms with Crippen LogP contribution >= 0.6 is 31.9 Å². The number of allylic oxidation sites excluding steroid dienone is 3. The van der Waals surface area contributed by atoms with Gasteiger partial charge in [-0.1, -0.05) is 0 Å². The first-order chi connectivity index (χ1) is 9.62. The molecule has 2 nitrogen and oxygen atoms in total. The third-order valence-electron chi connectivity index (χ3n) is 4.54. The lowest BCUT2D eigenvalue weighted by Crippen LogP contribution is -2.51. The first-order valence-electron chi connectivity index (χ1n) is 6.73. The topological polar surface area (TPSA) is 7.94 Å². The van der Waals surface area contributed by atoms with Crippen molar-refractivity contribution in [3.63, 3.8) is 0 Å². The SMILES string of the molecule is CC1=C(Br)C(C)=[N+]2C1=C(C)c1c(C)c(Br)c(C)n1[B-]2(F)F. The summed E-state index contributed by atoms with van der Waals surface area (Å²) in [5, 5.41) is 0. The monoisotopic (exact) mass is 418 g/mol. The molecule has 0 saturated heterocycles. The van der Waals surface area contributed by atoms with E-state index in [1.54, 1.807) is 13.8 Å². The zero-order valence-electron chi connectivity index (χ0n) is 12.5. The molecule has 2 aliphatic rings. The van der Waals surface area contributed by atoms with Gasteiger partial charge in [-0.15, -0.1) is 0 Å². The predicted octanol–water partition coefficient (Wildman–Crippen LogP) is 4.99. The first kappa shape index (κ1) is 15.2. The second-order valence-corrected chi connectivity index (χ2v) is 7.29. The van der Waals surface area contributed by atoms with Gasteiger partial charge in [-0.2, -0.15) is 0 Å². The molecule has 3 rings (SSSR count). The van der Waals surface area contributed by atoms with Crippen LogP contribution < -0.4 is 0 Å². The predicted molar refractivity (Wildman–Crippen MR) is 90.1 cm³/mol. The second kappa shape index (κ2) is 4.41. The number of hydrogen-bond acceptors (Lipinski definition) is 0. The van der Waals surface area contributed by atoms with E-state index < -0.39 is 6.97 Å². The second-order valence-electron chi connectivity index (χ2n) is 5.70. The lowest BCUT2D eigenvalue weighted by molar-refractivity contribution is -0.363. The highest BCUT2D eigenvalue weighted by Gasteiger charge is 2.55. The fraction of sp³-hybridized carbons (Fsp3) is 0.357. The minimum atomic E-state index is -3.89. The number of fused-ring (bicyclic) bond motifs is 2. The van der Waals surface area contributed by atoms with Crippen molar-refractivity contribution in [2.45, 2.75) is 34.6 Å². The van der Waals surface area contributed by atoms with Crippen molar-refractivity contribution in [3.05, 3.63) is 37.2 Å². The average molecular weight is 420 g/mol. The van der Waals surface area contributed by atoms with Crippen LogP contribution in [0.3, 0.4) is 0 Å². The number of rotatable bonds is 0. The standard InChI is InChI=1S/C14H15BBr2F2N2/c1-6-11(16)9(4)20-13(6)8(3)14-7(2)12(17)10(5)21(14)15(20,18)19/h1-5H3. The van der Waals surface area contributed by atoms with Gasteiger partial charge in [0.15, 0.2) is 5.70 Å². The molecular formula is C14H15BBr2F2N2. The Bertz CT molecular complexity index is 800. The van der Waals surface area contributed by atoms with Crippen LogP contribution in [-0.2, 0) is 0 Å². The maximum absolute atomic E-state index is 15.2. The van der Waals surface area contributed by atoms with E-state index in [2.05, 4.69) is 31.9 Å². The fourth-order valence-electron chi connectivity index (χ4n) is 3.59. The minimum absolute atomic E-state index is 0.569. The summed E-state index contributed by atoms with van der Waals surface area (Å²) in [6.07, 6.45) is 0. The van der Waals surface area contributed by atoms with Crippen LogP contribution in [0.1, 0.15) is 37.7 Å². The van der Waals surface area contributed by atoms with Gasteiger partial charge in [0.1, 0.15) is 5.71 Å². The molecule has 1 aromatic heterocycles. The van der Waals surface area contributed by atoms with Gasteiger partial charge < -0.3 is 17.6 Å². The number of aromatic nitrogens is 1. The summed E-state index contributed by atoms with van der Waals surface area (Å²) in [7, 11) is 0. The minimum Gasteiger partial charge on any atom is -0.393 e. The maximum Gasteiger partial charge on any atom is 0.737 e. The summed E-state index contributed by atoms with van der Waals surface area (Å²) in [5.41, 5.74) is 5.02. The molecule has 0 spiro atoms. The molecule has 0 unspecified atom stereocenters. The van der Waals surface area contributed by atoms with Crippen LogP contribution in [0.15, 0.2) is 20.2 Å². The molecule has 0 amide bonds. The molecule has 1 aromatic rings. The lowest BCUT2D eigenvalue weighted by Gasteiger charge is -2.32. The molecule has 0 fully saturated rings. The molecule has 0 aromatic carbocycles. The molecule has 0 radical (unpaired) electrons. The molecular weight excluding hydrogens is 405 g/mol. The fourth-order valence-corrected chi connectivity index (χ4v) is 4.34. The quantitative estimate of drug-likeness (QED) is 0.523. The molecule has 0 aliphatic carbocycles. The molecule has 3 heterocycles. The van der Waals surface area contributed by atoms with Gasteiger partial charge in [0.05, 0.1) is 4.48 Å². The van der Waals surface area contributed by atoms with Crippen molar-refractivity contribution in [2.24, 2.45) is 0 Å². The smallest absolute Gasteiger partial charge is 0.393 e. The Morgan fingerprint density at radius 1 is 1.00 bits per heavy atom. The summed E-state index contributed by atoms with van der Waals surface area (Å²) in [6.45, 7) is 5.26. The summed E-state index contributed by atoms with van der Waals surface area (Å²) in [5.74, 6) is 0. The lowest BCUT2D eigenvalue weighted by atomic mass is 9.86. The highest BCUT2D eigenvalue weighted by atomic mass is 79.9. The highest BCUT2D eigenvalue weighted by Crippen LogP contribution is 2.45. The third kappa shape index (κ3) is 1.65. The molecule has 7 heteroatoms. The summed E-state index contributed by atoms with van der Waals surface area (Å²) < 4.78 is 34.3. The van der Waals surface area contributed by atoms with Crippen LogP contribution in [0.4, 0.5) is 8.63 Å². The van der Waals surface area contributed by atoms with Crippen LogP contribution in [0, 0.1) is 13.8 Å². The normalized spacial score (nSPS) is 20.4. The summed E-state index contributed by atoms with van der Waals surface area (Å²) >= 11 is 6.90.